The Kier molecular flexibility index (Phi) is 4.52. The summed E-state index contributed by atoms with van der Waals surface area (Å²) in [5.41, 5.74) is 2.37. The molecule has 2 fully saturated rings. The van der Waals surface area contributed by atoms with Gasteiger partial charge in [0.1, 0.15) is 6.54 Å². The fourth-order valence-electron chi connectivity index (χ4n) is 3.24. The smallest absolute Gasteiger partial charge is 0.327 e. The third kappa shape index (κ3) is 3.17. The number of anilines is 1. The number of aryl methyl sites for hydroxylation is 1. The number of rotatable bonds is 5. The summed E-state index contributed by atoms with van der Waals surface area (Å²) in [6.07, 6.45) is 0.823. The second kappa shape index (κ2) is 6.58. The monoisotopic (exact) mass is 317 g/mol. The van der Waals surface area contributed by atoms with Gasteiger partial charge in [0, 0.05) is 32.4 Å². The average molecular weight is 317 g/mol. The van der Waals surface area contributed by atoms with Gasteiger partial charge >= 0.3 is 6.03 Å². The van der Waals surface area contributed by atoms with Crippen molar-refractivity contribution in [2.75, 3.05) is 44.8 Å². The van der Waals surface area contributed by atoms with Crippen LogP contribution in [0.1, 0.15) is 12.0 Å². The lowest BCUT2D eigenvalue weighted by atomic mass is 10.2. The van der Waals surface area contributed by atoms with Crippen molar-refractivity contribution >= 4 is 17.6 Å². The molecule has 0 N–H and O–H groups in total. The Bertz CT molecular complexity index is 587. The van der Waals surface area contributed by atoms with Crippen molar-refractivity contribution in [3.8, 4) is 0 Å². The summed E-state index contributed by atoms with van der Waals surface area (Å²) in [5, 5.41) is 0. The minimum absolute atomic E-state index is 0.0381. The molecule has 0 aromatic heterocycles. The molecule has 6 nitrogen and oxygen atoms in total. The van der Waals surface area contributed by atoms with E-state index in [0.29, 0.717) is 19.7 Å². The topological polar surface area (TPSA) is 53.1 Å². The number of carbonyl (C=O) groups excluding carboxylic acids is 2. The van der Waals surface area contributed by atoms with E-state index in [9.17, 15) is 9.59 Å². The fraction of sp³-hybridized carbons (Fsp3) is 0.529. The first-order valence-electron chi connectivity index (χ1n) is 8.01. The first-order chi connectivity index (χ1) is 11.1. The summed E-state index contributed by atoms with van der Waals surface area (Å²) in [6.45, 7) is 4.72. The SMILES string of the molecule is COCCN1CC(=O)N(C2CCN(c3ccc(C)cc3)C2)C1=O. The van der Waals surface area contributed by atoms with Crippen molar-refractivity contribution in [1.29, 1.82) is 0 Å². The molecule has 0 saturated carbocycles. The highest BCUT2D eigenvalue weighted by atomic mass is 16.5. The first-order valence-corrected chi connectivity index (χ1v) is 8.01. The molecular formula is C17H23N3O3. The van der Waals surface area contributed by atoms with Crippen molar-refractivity contribution in [2.24, 2.45) is 0 Å². The Hall–Kier alpha value is -2.08. The van der Waals surface area contributed by atoms with Crippen LogP contribution in [0, 0.1) is 6.92 Å². The lowest BCUT2D eigenvalue weighted by Crippen LogP contribution is -2.43. The molecule has 3 amide bonds. The van der Waals surface area contributed by atoms with Gasteiger partial charge in [-0.15, -0.1) is 0 Å². The van der Waals surface area contributed by atoms with Crippen molar-refractivity contribution in [2.45, 2.75) is 19.4 Å². The van der Waals surface area contributed by atoms with Crippen LogP contribution >= 0.6 is 0 Å². The number of imide groups is 1. The van der Waals surface area contributed by atoms with Crippen LogP contribution in [-0.2, 0) is 9.53 Å². The third-order valence-electron chi connectivity index (χ3n) is 4.56. The maximum atomic E-state index is 12.5. The number of ether oxygens (including phenoxy) is 1. The van der Waals surface area contributed by atoms with E-state index in [4.69, 9.17) is 4.74 Å². The number of carbonyl (C=O) groups is 2. The molecule has 3 rings (SSSR count). The number of urea groups is 1. The Morgan fingerprint density at radius 1 is 1.22 bits per heavy atom. The van der Waals surface area contributed by atoms with Crippen LogP contribution in [0.2, 0.25) is 0 Å². The molecular weight excluding hydrogens is 294 g/mol. The Balaban J connectivity index is 1.65. The number of hydrogen-bond donors (Lipinski definition) is 0. The van der Waals surface area contributed by atoms with Crippen LogP contribution in [0.4, 0.5) is 10.5 Å². The largest absolute Gasteiger partial charge is 0.383 e. The van der Waals surface area contributed by atoms with E-state index in [1.54, 1.807) is 12.0 Å². The minimum Gasteiger partial charge on any atom is -0.383 e. The third-order valence-corrected chi connectivity index (χ3v) is 4.56. The van der Waals surface area contributed by atoms with E-state index in [0.717, 1.165) is 18.7 Å². The summed E-state index contributed by atoms with van der Waals surface area (Å²) in [6, 6.07) is 8.14. The van der Waals surface area contributed by atoms with Crippen molar-refractivity contribution in [1.82, 2.24) is 9.80 Å². The normalized spacial score (nSPS) is 21.7. The standard InChI is InChI=1S/C17H23N3O3/c1-13-3-5-14(6-4-13)18-8-7-15(11-18)20-16(21)12-19(17(20)22)9-10-23-2/h3-6,15H,7-12H2,1-2H3. The van der Waals surface area contributed by atoms with Crippen LogP contribution in [0.5, 0.6) is 0 Å². The van der Waals surface area contributed by atoms with Gasteiger partial charge in [-0.05, 0) is 25.5 Å². The molecule has 0 spiro atoms. The zero-order valence-corrected chi connectivity index (χ0v) is 13.7. The fourth-order valence-corrected chi connectivity index (χ4v) is 3.24. The van der Waals surface area contributed by atoms with E-state index in [-0.39, 0.29) is 24.5 Å². The van der Waals surface area contributed by atoms with Gasteiger partial charge in [-0.3, -0.25) is 9.69 Å². The van der Waals surface area contributed by atoms with E-state index in [1.807, 2.05) is 0 Å². The summed E-state index contributed by atoms with van der Waals surface area (Å²) in [7, 11) is 1.59. The van der Waals surface area contributed by atoms with E-state index < -0.39 is 0 Å². The predicted molar refractivity (Wildman–Crippen MR) is 87.5 cm³/mol. The van der Waals surface area contributed by atoms with Crippen LogP contribution in [0.3, 0.4) is 0 Å². The molecule has 0 aliphatic carbocycles. The second-order valence-electron chi connectivity index (χ2n) is 6.18. The number of methoxy groups -OCH3 is 1. The number of nitrogens with zero attached hydrogens (tertiary/aromatic N) is 3. The first kappa shape index (κ1) is 15.8. The Labute approximate surface area is 136 Å². The van der Waals surface area contributed by atoms with E-state index in [2.05, 4.69) is 36.1 Å². The maximum absolute atomic E-state index is 12.5. The second-order valence-corrected chi connectivity index (χ2v) is 6.18. The maximum Gasteiger partial charge on any atom is 0.327 e. The van der Waals surface area contributed by atoms with Gasteiger partial charge in [-0.2, -0.15) is 0 Å². The highest BCUT2D eigenvalue weighted by Gasteiger charge is 2.42. The van der Waals surface area contributed by atoms with Gasteiger partial charge < -0.3 is 14.5 Å². The molecule has 2 heterocycles. The molecule has 2 saturated heterocycles. The summed E-state index contributed by atoms with van der Waals surface area (Å²) in [4.78, 5) is 29.9. The predicted octanol–water partition coefficient (Wildman–Crippen LogP) is 1.48. The van der Waals surface area contributed by atoms with Gasteiger partial charge in [0.25, 0.3) is 5.91 Å². The summed E-state index contributed by atoms with van der Waals surface area (Å²) >= 11 is 0. The Morgan fingerprint density at radius 3 is 2.65 bits per heavy atom. The van der Waals surface area contributed by atoms with Gasteiger partial charge in [-0.25, -0.2) is 4.79 Å². The van der Waals surface area contributed by atoms with Crippen molar-refractivity contribution < 1.29 is 14.3 Å². The van der Waals surface area contributed by atoms with Crippen LogP contribution < -0.4 is 4.90 Å². The van der Waals surface area contributed by atoms with Gasteiger partial charge in [-0.1, -0.05) is 17.7 Å². The summed E-state index contributed by atoms with van der Waals surface area (Å²) in [5.74, 6) is -0.0955. The summed E-state index contributed by atoms with van der Waals surface area (Å²) < 4.78 is 5.00. The quantitative estimate of drug-likeness (QED) is 0.772. The molecule has 1 aromatic rings. The van der Waals surface area contributed by atoms with Gasteiger partial charge in [0.2, 0.25) is 0 Å². The van der Waals surface area contributed by atoms with E-state index in [1.165, 1.54) is 10.5 Å². The molecule has 0 radical (unpaired) electrons. The van der Waals surface area contributed by atoms with Crippen LogP contribution in [0.15, 0.2) is 24.3 Å². The average Bonchev–Trinajstić information content (AvgIpc) is 3.11. The number of hydrogen-bond acceptors (Lipinski definition) is 4. The van der Waals surface area contributed by atoms with Crippen molar-refractivity contribution in [3.05, 3.63) is 29.8 Å². The lowest BCUT2D eigenvalue weighted by molar-refractivity contribution is -0.126. The molecule has 124 valence electrons. The highest BCUT2D eigenvalue weighted by Crippen LogP contribution is 2.26. The number of amides is 3. The molecule has 23 heavy (non-hydrogen) atoms. The molecule has 2 aliphatic heterocycles. The molecule has 1 atom stereocenters. The number of benzene rings is 1. The van der Waals surface area contributed by atoms with Gasteiger partial charge in [0.15, 0.2) is 0 Å². The molecule has 1 unspecified atom stereocenters. The molecule has 1 aromatic carbocycles. The zero-order chi connectivity index (χ0) is 16.4. The molecule has 6 heteroatoms. The minimum atomic E-state index is -0.178. The molecule has 0 bridgehead atoms. The van der Waals surface area contributed by atoms with E-state index >= 15 is 0 Å². The van der Waals surface area contributed by atoms with Crippen molar-refractivity contribution in [3.63, 3.8) is 0 Å². The lowest BCUT2D eigenvalue weighted by Gasteiger charge is -2.24. The zero-order valence-electron chi connectivity index (χ0n) is 13.7. The van der Waals surface area contributed by atoms with Gasteiger partial charge in [0.05, 0.1) is 12.6 Å². The molecule has 2 aliphatic rings. The van der Waals surface area contributed by atoms with Crippen LogP contribution in [-0.4, -0.2) is 67.7 Å². The highest BCUT2D eigenvalue weighted by molar-refractivity contribution is 6.02. The van der Waals surface area contributed by atoms with Crippen LogP contribution in [0.25, 0.3) is 0 Å². The Morgan fingerprint density at radius 2 is 1.96 bits per heavy atom.